The zero-order valence-electron chi connectivity index (χ0n) is 12.4. The molecule has 2 aromatic rings. The van der Waals surface area contributed by atoms with Gasteiger partial charge in [0, 0.05) is 17.9 Å². The molecule has 4 nitrogen and oxygen atoms in total. The summed E-state index contributed by atoms with van der Waals surface area (Å²) in [6.07, 6.45) is 0.857. The molecule has 0 heterocycles. The summed E-state index contributed by atoms with van der Waals surface area (Å²) in [5.41, 5.74) is 7.82. The van der Waals surface area contributed by atoms with Gasteiger partial charge in [-0.2, -0.15) is 0 Å². The van der Waals surface area contributed by atoms with Crippen molar-refractivity contribution < 1.29 is 9.53 Å². The molecule has 0 spiro atoms. The molecule has 0 aliphatic heterocycles. The molecule has 0 aliphatic rings. The van der Waals surface area contributed by atoms with Crippen molar-refractivity contribution in [1.29, 1.82) is 0 Å². The van der Waals surface area contributed by atoms with Crippen LogP contribution < -0.4 is 15.4 Å². The third kappa shape index (κ3) is 3.34. The number of nitrogens with two attached hydrogens (primary N) is 1. The van der Waals surface area contributed by atoms with E-state index in [1.165, 1.54) is 0 Å². The molecule has 21 heavy (non-hydrogen) atoms. The fraction of sp³-hybridized carbons (Fsp3) is 0.235. The number of hydrogen-bond acceptors (Lipinski definition) is 3. The van der Waals surface area contributed by atoms with Crippen LogP contribution in [-0.4, -0.2) is 19.6 Å². The lowest BCUT2D eigenvalue weighted by atomic mass is 10.1. The number of nitrogens with zero attached hydrogens (tertiary/aromatic N) is 1. The van der Waals surface area contributed by atoms with Crippen LogP contribution in [0.25, 0.3) is 0 Å². The molecular formula is C17H20N2O2. The zero-order chi connectivity index (χ0) is 15.2. The first kappa shape index (κ1) is 14.9. The average Bonchev–Trinajstić information content (AvgIpc) is 2.52. The van der Waals surface area contributed by atoms with Gasteiger partial charge >= 0.3 is 0 Å². The van der Waals surface area contributed by atoms with Crippen LogP contribution in [0.2, 0.25) is 0 Å². The van der Waals surface area contributed by atoms with Crippen molar-refractivity contribution in [3.8, 4) is 5.75 Å². The van der Waals surface area contributed by atoms with Gasteiger partial charge in [-0.05, 0) is 36.8 Å². The van der Waals surface area contributed by atoms with Gasteiger partial charge in [0.15, 0.2) is 0 Å². The largest absolute Gasteiger partial charge is 0.496 e. The SMILES string of the molecule is CCCN(C(=O)c1ccccc1OC)c1cccc(N)c1. The number of para-hydroxylation sites is 1. The molecule has 0 radical (unpaired) electrons. The second-order valence-electron chi connectivity index (χ2n) is 4.75. The fourth-order valence-corrected chi connectivity index (χ4v) is 2.23. The van der Waals surface area contributed by atoms with Crippen LogP contribution in [0.5, 0.6) is 5.75 Å². The topological polar surface area (TPSA) is 55.6 Å². The predicted molar refractivity (Wildman–Crippen MR) is 85.8 cm³/mol. The van der Waals surface area contributed by atoms with Crippen LogP contribution in [-0.2, 0) is 0 Å². The monoisotopic (exact) mass is 284 g/mol. The molecule has 0 bridgehead atoms. The zero-order valence-corrected chi connectivity index (χ0v) is 12.4. The summed E-state index contributed by atoms with van der Waals surface area (Å²) in [4.78, 5) is 14.6. The Labute approximate surface area is 125 Å². The van der Waals surface area contributed by atoms with Crippen molar-refractivity contribution >= 4 is 17.3 Å². The summed E-state index contributed by atoms with van der Waals surface area (Å²) < 4.78 is 5.28. The Balaban J connectivity index is 2.40. The lowest BCUT2D eigenvalue weighted by molar-refractivity contribution is 0.0984. The number of nitrogen functional groups attached to an aromatic ring is 1. The summed E-state index contributed by atoms with van der Waals surface area (Å²) >= 11 is 0. The Morgan fingerprint density at radius 2 is 1.95 bits per heavy atom. The van der Waals surface area contributed by atoms with Crippen LogP contribution in [0.1, 0.15) is 23.7 Å². The molecule has 2 aromatic carbocycles. The first-order valence-corrected chi connectivity index (χ1v) is 6.97. The molecule has 110 valence electrons. The van der Waals surface area contributed by atoms with Gasteiger partial charge in [0.2, 0.25) is 0 Å². The highest BCUT2D eigenvalue weighted by Gasteiger charge is 2.20. The smallest absolute Gasteiger partial charge is 0.262 e. The summed E-state index contributed by atoms with van der Waals surface area (Å²) in [6.45, 7) is 2.66. The maximum absolute atomic E-state index is 12.8. The highest BCUT2D eigenvalue weighted by atomic mass is 16.5. The summed E-state index contributed by atoms with van der Waals surface area (Å²) in [6, 6.07) is 14.6. The molecule has 0 saturated heterocycles. The number of benzene rings is 2. The number of anilines is 2. The maximum Gasteiger partial charge on any atom is 0.262 e. The lowest BCUT2D eigenvalue weighted by Gasteiger charge is -2.23. The van der Waals surface area contributed by atoms with E-state index < -0.39 is 0 Å². The van der Waals surface area contributed by atoms with Crippen LogP contribution in [0.15, 0.2) is 48.5 Å². The minimum absolute atomic E-state index is 0.0834. The van der Waals surface area contributed by atoms with Crippen molar-refractivity contribution in [3.05, 3.63) is 54.1 Å². The Morgan fingerprint density at radius 1 is 1.19 bits per heavy atom. The molecule has 4 heteroatoms. The Hall–Kier alpha value is -2.49. The van der Waals surface area contributed by atoms with E-state index in [1.807, 2.05) is 37.3 Å². The number of rotatable bonds is 5. The molecule has 2 rings (SSSR count). The standard InChI is InChI=1S/C17H20N2O2/c1-3-11-19(14-8-6-7-13(18)12-14)17(20)15-9-4-5-10-16(15)21-2/h4-10,12H,3,11,18H2,1-2H3. The Morgan fingerprint density at radius 3 is 2.62 bits per heavy atom. The molecule has 2 N–H and O–H groups in total. The fourth-order valence-electron chi connectivity index (χ4n) is 2.23. The van der Waals surface area contributed by atoms with Gasteiger partial charge in [0.05, 0.1) is 12.7 Å². The molecule has 0 saturated carbocycles. The summed E-state index contributed by atoms with van der Waals surface area (Å²) in [5, 5.41) is 0. The molecule has 1 amide bonds. The predicted octanol–water partition coefficient (Wildman–Crippen LogP) is 3.33. The van der Waals surface area contributed by atoms with E-state index in [1.54, 1.807) is 30.2 Å². The van der Waals surface area contributed by atoms with Gasteiger partial charge < -0.3 is 15.4 Å². The van der Waals surface area contributed by atoms with Gasteiger partial charge in [-0.1, -0.05) is 25.1 Å². The number of ether oxygens (including phenoxy) is 1. The number of carbonyl (C=O) groups is 1. The number of carbonyl (C=O) groups excluding carboxylic acids is 1. The molecular weight excluding hydrogens is 264 g/mol. The van der Waals surface area contributed by atoms with Gasteiger partial charge in [0.1, 0.15) is 5.75 Å². The van der Waals surface area contributed by atoms with E-state index in [-0.39, 0.29) is 5.91 Å². The number of amides is 1. The third-order valence-corrected chi connectivity index (χ3v) is 3.21. The van der Waals surface area contributed by atoms with Crippen LogP contribution >= 0.6 is 0 Å². The quantitative estimate of drug-likeness (QED) is 0.857. The lowest BCUT2D eigenvalue weighted by Crippen LogP contribution is -2.32. The number of hydrogen-bond donors (Lipinski definition) is 1. The number of methoxy groups -OCH3 is 1. The average molecular weight is 284 g/mol. The highest BCUT2D eigenvalue weighted by molar-refractivity contribution is 6.08. The van der Waals surface area contributed by atoms with Crippen molar-refractivity contribution in [2.45, 2.75) is 13.3 Å². The van der Waals surface area contributed by atoms with E-state index in [4.69, 9.17) is 10.5 Å². The summed E-state index contributed by atoms with van der Waals surface area (Å²) in [7, 11) is 1.57. The van der Waals surface area contributed by atoms with E-state index in [2.05, 4.69) is 0 Å². The molecule has 0 atom stereocenters. The van der Waals surface area contributed by atoms with Crippen molar-refractivity contribution in [1.82, 2.24) is 0 Å². The van der Waals surface area contributed by atoms with Gasteiger partial charge in [-0.25, -0.2) is 0 Å². The van der Waals surface area contributed by atoms with E-state index in [0.717, 1.165) is 12.1 Å². The maximum atomic E-state index is 12.8. The first-order valence-electron chi connectivity index (χ1n) is 6.97. The third-order valence-electron chi connectivity index (χ3n) is 3.21. The van der Waals surface area contributed by atoms with E-state index >= 15 is 0 Å². The van der Waals surface area contributed by atoms with Crippen molar-refractivity contribution in [2.75, 3.05) is 24.3 Å². The molecule has 0 fully saturated rings. The summed E-state index contributed by atoms with van der Waals surface area (Å²) in [5.74, 6) is 0.493. The Kier molecular flexibility index (Phi) is 4.82. The highest BCUT2D eigenvalue weighted by Crippen LogP contribution is 2.24. The second-order valence-corrected chi connectivity index (χ2v) is 4.75. The minimum Gasteiger partial charge on any atom is -0.496 e. The Bertz CT molecular complexity index is 626. The van der Waals surface area contributed by atoms with Gasteiger partial charge in [0.25, 0.3) is 5.91 Å². The molecule has 0 unspecified atom stereocenters. The van der Waals surface area contributed by atoms with Crippen molar-refractivity contribution in [2.24, 2.45) is 0 Å². The van der Waals surface area contributed by atoms with Crippen LogP contribution in [0.3, 0.4) is 0 Å². The van der Waals surface area contributed by atoms with Crippen molar-refractivity contribution in [3.63, 3.8) is 0 Å². The van der Waals surface area contributed by atoms with Gasteiger partial charge in [-0.15, -0.1) is 0 Å². The van der Waals surface area contributed by atoms with E-state index in [9.17, 15) is 4.79 Å². The normalized spacial score (nSPS) is 10.2. The minimum atomic E-state index is -0.0834. The van der Waals surface area contributed by atoms with E-state index in [0.29, 0.717) is 23.5 Å². The second kappa shape index (κ2) is 6.79. The van der Waals surface area contributed by atoms with Crippen LogP contribution in [0.4, 0.5) is 11.4 Å². The molecule has 0 aromatic heterocycles. The van der Waals surface area contributed by atoms with Crippen LogP contribution in [0, 0.1) is 0 Å². The molecule has 0 aliphatic carbocycles. The van der Waals surface area contributed by atoms with Gasteiger partial charge in [-0.3, -0.25) is 4.79 Å². The first-order chi connectivity index (χ1) is 10.2.